The normalized spacial score (nSPS) is 13.4. The largest absolute Gasteiger partial charge is 0.465 e. The van der Waals surface area contributed by atoms with E-state index in [1.165, 1.54) is 0 Å². The Morgan fingerprint density at radius 3 is 2.53 bits per heavy atom. The van der Waals surface area contributed by atoms with Gasteiger partial charge in [-0.2, -0.15) is 0 Å². The zero-order chi connectivity index (χ0) is 14.3. The monoisotopic (exact) mass is 267 g/mol. The van der Waals surface area contributed by atoms with Crippen molar-refractivity contribution in [2.24, 2.45) is 5.92 Å². The van der Waals surface area contributed by atoms with Gasteiger partial charge in [0.05, 0.1) is 12.6 Å². The Balaban J connectivity index is 2.52. The van der Waals surface area contributed by atoms with Gasteiger partial charge in [0.25, 0.3) is 0 Å². The molecule has 0 fully saturated rings. The Morgan fingerprint density at radius 1 is 1.26 bits per heavy atom. The number of hydrogen-bond donors (Lipinski definition) is 1. The molecular formula is C16H29NO2. The summed E-state index contributed by atoms with van der Waals surface area (Å²) in [6.07, 6.45) is 2.82. The van der Waals surface area contributed by atoms with Crippen LogP contribution in [0.1, 0.15) is 51.6 Å². The van der Waals surface area contributed by atoms with Crippen molar-refractivity contribution < 1.29 is 9.52 Å². The smallest absolute Gasteiger partial charge is 0.118 e. The van der Waals surface area contributed by atoms with Gasteiger partial charge in [-0.05, 0) is 44.4 Å². The van der Waals surface area contributed by atoms with Crippen molar-refractivity contribution in [3.63, 3.8) is 0 Å². The highest BCUT2D eigenvalue weighted by Gasteiger charge is 2.13. The Bertz CT molecular complexity index is 346. The summed E-state index contributed by atoms with van der Waals surface area (Å²) in [6, 6.07) is 4.03. The fourth-order valence-electron chi connectivity index (χ4n) is 2.19. The standard InChI is InChI=1S/C16H29NO2/c1-5-6-15(18)11-17(10-9-13(2)3)12-16-8-7-14(4)19-16/h7-8,13,15,18H,5-6,9-12H2,1-4H3/t15-/m0/s1. The second-order valence-corrected chi connectivity index (χ2v) is 5.87. The van der Waals surface area contributed by atoms with E-state index in [0.29, 0.717) is 5.92 Å². The highest BCUT2D eigenvalue weighted by molar-refractivity contribution is 5.05. The van der Waals surface area contributed by atoms with Crippen LogP contribution in [-0.2, 0) is 6.54 Å². The van der Waals surface area contributed by atoms with Crippen LogP contribution in [0.25, 0.3) is 0 Å². The second kappa shape index (κ2) is 8.39. The quantitative estimate of drug-likeness (QED) is 0.742. The summed E-state index contributed by atoms with van der Waals surface area (Å²) < 4.78 is 5.64. The second-order valence-electron chi connectivity index (χ2n) is 5.87. The molecule has 3 nitrogen and oxygen atoms in total. The average molecular weight is 267 g/mol. The van der Waals surface area contributed by atoms with Crippen molar-refractivity contribution >= 4 is 0 Å². The lowest BCUT2D eigenvalue weighted by atomic mass is 10.1. The van der Waals surface area contributed by atoms with Gasteiger partial charge in [0, 0.05) is 6.54 Å². The fraction of sp³-hybridized carbons (Fsp3) is 0.750. The Kier molecular flexibility index (Phi) is 7.17. The van der Waals surface area contributed by atoms with Crippen molar-refractivity contribution in [2.75, 3.05) is 13.1 Å². The first-order valence-electron chi connectivity index (χ1n) is 7.47. The van der Waals surface area contributed by atoms with Crippen molar-refractivity contribution in [1.29, 1.82) is 0 Å². The minimum atomic E-state index is -0.228. The lowest BCUT2D eigenvalue weighted by Gasteiger charge is -2.24. The molecule has 0 saturated carbocycles. The molecule has 0 aliphatic rings. The van der Waals surface area contributed by atoms with Gasteiger partial charge in [-0.15, -0.1) is 0 Å². The van der Waals surface area contributed by atoms with Gasteiger partial charge in [-0.3, -0.25) is 4.90 Å². The van der Waals surface area contributed by atoms with Crippen LogP contribution in [0.4, 0.5) is 0 Å². The molecule has 1 N–H and O–H groups in total. The van der Waals surface area contributed by atoms with Crippen LogP contribution in [0.15, 0.2) is 16.5 Å². The lowest BCUT2D eigenvalue weighted by molar-refractivity contribution is 0.0942. The van der Waals surface area contributed by atoms with Gasteiger partial charge in [0.1, 0.15) is 11.5 Å². The van der Waals surface area contributed by atoms with Crippen LogP contribution in [0.5, 0.6) is 0 Å². The predicted octanol–water partition coefficient (Wildman–Crippen LogP) is 3.60. The summed E-state index contributed by atoms with van der Waals surface area (Å²) in [4.78, 5) is 2.30. The van der Waals surface area contributed by atoms with E-state index in [9.17, 15) is 5.11 Å². The minimum absolute atomic E-state index is 0.228. The third kappa shape index (κ3) is 6.79. The summed E-state index contributed by atoms with van der Waals surface area (Å²) in [6.45, 7) is 11.1. The number of rotatable bonds is 9. The molecule has 1 heterocycles. The molecule has 0 spiro atoms. The Morgan fingerprint density at radius 2 is 2.00 bits per heavy atom. The maximum absolute atomic E-state index is 10.00. The lowest BCUT2D eigenvalue weighted by Crippen LogP contribution is -2.33. The number of furan rings is 1. The van der Waals surface area contributed by atoms with E-state index in [2.05, 4.69) is 25.7 Å². The van der Waals surface area contributed by atoms with Crippen LogP contribution < -0.4 is 0 Å². The van der Waals surface area contributed by atoms with E-state index >= 15 is 0 Å². The van der Waals surface area contributed by atoms with Crippen molar-refractivity contribution in [3.05, 3.63) is 23.7 Å². The SMILES string of the molecule is CCC[C@H](O)CN(CCC(C)C)Cc1ccc(C)o1. The molecule has 0 bridgehead atoms. The summed E-state index contributed by atoms with van der Waals surface area (Å²) in [7, 11) is 0. The molecule has 0 aliphatic heterocycles. The summed E-state index contributed by atoms with van der Waals surface area (Å²) in [5, 5.41) is 10.00. The number of hydrogen-bond acceptors (Lipinski definition) is 3. The van der Waals surface area contributed by atoms with Gasteiger partial charge < -0.3 is 9.52 Å². The first-order valence-corrected chi connectivity index (χ1v) is 7.47. The summed E-state index contributed by atoms with van der Waals surface area (Å²) in [5.74, 6) is 2.63. The van der Waals surface area contributed by atoms with E-state index in [0.717, 1.165) is 50.4 Å². The van der Waals surface area contributed by atoms with Gasteiger partial charge in [0.15, 0.2) is 0 Å². The number of aliphatic hydroxyl groups is 1. The van der Waals surface area contributed by atoms with Crippen LogP contribution in [0.2, 0.25) is 0 Å². The van der Waals surface area contributed by atoms with Crippen LogP contribution in [0.3, 0.4) is 0 Å². The molecule has 1 aromatic heterocycles. The molecule has 1 rings (SSSR count). The zero-order valence-electron chi connectivity index (χ0n) is 12.9. The molecule has 3 heteroatoms. The first-order chi connectivity index (χ1) is 9.01. The van der Waals surface area contributed by atoms with Gasteiger partial charge in [-0.25, -0.2) is 0 Å². The molecular weight excluding hydrogens is 238 g/mol. The van der Waals surface area contributed by atoms with Gasteiger partial charge >= 0.3 is 0 Å². The molecule has 110 valence electrons. The number of nitrogens with zero attached hydrogens (tertiary/aromatic N) is 1. The zero-order valence-corrected chi connectivity index (χ0v) is 12.9. The maximum atomic E-state index is 10.00. The maximum Gasteiger partial charge on any atom is 0.118 e. The summed E-state index contributed by atoms with van der Waals surface area (Å²) in [5.41, 5.74) is 0. The van der Waals surface area contributed by atoms with Crippen LogP contribution in [-0.4, -0.2) is 29.2 Å². The molecule has 0 aromatic carbocycles. The molecule has 0 amide bonds. The predicted molar refractivity (Wildman–Crippen MR) is 79.1 cm³/mol. The number of aliphatic hydroxyl groups excluding tert-OH is 1. The Hall–Kier alpha value is -0.800. The van der Waals surface area contributed by atoms with Gasteiger partial charge in [0.2, 0.25) is 0 Å². The van der Waals surface area contributed by atoms with Crippen molar-refractivity contribution in [2.45, 2.75) is 59.6 Å². The van der Waals surface area contributed by atoms with Crippen LogP contribution in [0, 0.1) is 12.8 Å². The molecule has 0 radical (unpaired) electrons. The van der Waals surface area contributed by atoms with Crippen LogP contribution >= 0.6 is 0 Å². The highest BCUT2D eigenvalue weighted by atomic mass is 16.3. The molecule has 1 atom stereocenters. The van der Waals surface area contributed by atoms with E-state index in [1.54, 1.807) is 0 Å². The first kappa shape index (κ1) is 16.3. The topological polar surface area (TPSA) is 36.6 Å². The van der Waals surface area contributed by atoms with E-state index in [4.69, 9.17) is 4.42 Å². The van der Waals surface area contributed by atoms with Crippen molar-refractivity contribution in [1.82, 2.24) is 4.90 Å². The fourth-order valence-corrected chi connectivity index (χ4v) is 2.19. The van der Waals surface area contributed by atoms with E-state index in [1.807, 2.05) is 19.1 Å². The number of aryl methyl sites for hydroxylation is 1. The van der Waals surface area contributed by atoms with Gasteiger partial charge in [-0.1, -0.05) is 27.2 Å². The molecule has 0 aliphatic carbocycles. The molecule has 0 unspecified atom stereocenters. The highest BCUT2D eigenvalue weighted by Crippen LogP contribution is 2.13. The Labute approximate surface area is 117 Å². The molecule has 19 heavy (non-hydrogen) atoms. The third-order valence-corrected chi connectivity index (χ3v) is 3.29. The molecule has 0 saturated heterocycles. The summed E-state index contributed by atoms with van der Waals surface area (Å²) >= 11 is 0. The van der Waals surface area contributed by atoms with E-state index in [-0.39, 0.29) is 6.10 Å². The minimum Gasteiger partial charge on any atom is -0.465 e. The molecule has 1 aromatic rings. The third-order valence-electron chi connectivity index (χ3n) is 3.29. The van der Waals surface area contributed by atoms with E-state index < -0.39 is 0 Å². The van der Waals surface area contributed by atoms with Crippen molar-refractivity contribution in [3.8, 4) is 0 Å². The average Bonchev–Trinajstić information content (AvgIpc) is 2.72.